The second-order valence-corrected chi connectivity index (χ2v) is 7.06. The predicted molar refractivity (Wildman–Crippen MR) is 101 cm³/mol. The normalized spacial score (nSPS) is 16.5. The van der Waals surface area contributed by atoms with Crippen LogP contribution in [0, 0.1) is 0 Å². The maximum absolute atomic E-state index is 12.3. The molecule has 1 heterocycles. The third kappa shape index (κ3) is 3.98. The molecule has 1 saturated heterocycles. The van der Waals surface area contributed by atoms with Crippen LogP contribution in [0.25, 0.3) is 6.08 Å². The number of nitrogens with zero attached hydrogens (tertiary/aromatic N) is 2. The first kappa shape index (κ1) is 18.1. The minimum absolute atomic E-state index is 0.179. The van der Waals surface area contributed by atoms with E-state index in [4.69, 9.17) is 0 Å². The summed E-state index contributed by atoms with van der Waals surface area (Å²) >= 11 is 4.62. The largest absolute Gasteiger partial charge is 0.371 e. The van der Waals surface area contributed by atoms with Crippen LogP contribution in [0.4, 0.5) is 10.5 Å². The summed E-state index contributed by atoms with van der Waals surface area (Å²) in [5, 5.41) is -0.179. The van der Waals surface area contributed by atoms with Crippen LogP contribution in [0.1, 0.15) is 32.8 Å². The van der Waals surface area contributed by atoms with E-state index in [0.29, 0.717) is 11.4 Å². The molecule has 0 atom stereocenters. The second-order valence-electron chi connectivity index (χ2n) is 5.22. The Labute approximate surface area is 150 Å². The van der Waals surface area contributed by atoms with Gasteiger partial charge in [-0.1, -0.05) is 13.0 Å². The lowest BCUT2D eigenvalue weighted by molar-refractivity contribution is -0.122. The molecule has 2 rings (SSSR count). The van der Waals surface area contributed by atoms with Crippen molar-refractivity contribution in [1.29, 1.82) is 0 Å². The van der Waals surface area contributed by atoms with Crippen molar-refractivity contribution in [2.45, 2.75) is 27.2 Å². The van der Waals surface area contributed by atoms with E-state index in [1.165, 1.54) is 4.90 Å². The summed E-state index contributed by atoms with van der Waals surface area (Å²) in [4.78, 5) is 28.2. The van der Waals surface area contributed by atoms with Crippen LogP contribution in [0.2, 0.25) is 0 Å². The molecule has 124 valence electrons. The van der Waals surface area contributed by atoms with Gasteiger partial charge in [-0.05, 0) is 71.7 Å². The first-order valence-electron chi connectivity index (χ1n) is 7.81. The van der Waals surface area contributed by atoms with Gasteiger partial charge >= 0.3 is 0 Å². The zero-order valence-electron chi connectivity index (χ0n) is 13.6. The lowest BCUT2D eigenvalue weighted by atomic mass is 10.1. The first-order chi connectivity index (χ1) is 11.0. The quantitative estimate of drug-likeness (QED) is 0.650. The fourth-order valence-corrected chi connectivity index (χ4v) is 4.01. The van der Waals surface area contributed by atoms with Crippen molar-refractivity contribution < 1.29 is 9.59 Å². The molecule has 0 N–H and O–H groups in total. The zero-order chi connectivity index (χ0) is 17.0. The van der Waals surface area contributed by atoms with Crippen LogP contribution in [-0.4, -0.2) is 35.7 Å². The molecule has 0 aromatic heterocycles. The lowest BCUT2D eigenvalue weighted by Crippen LogP contribution is -2.28. The van der Waals surface area contributed by atoms with Crippen LogP contribution >= 0.6 is 27.7 Å². The van der Waals surface area contributed by atoms with Gasteiger partial charge < -0.3 is 4.90 Å². The van der Waals surface area contributed by atoms with Crippen LogP contribution in [0.15, 0.2) is 27.6 Å². The average molecular weight is 397 g/mol. The van der Waals surface area contributed by atoms with Gasteiger partial charge in [0.1, 0.15) is 0 Å². The fourth-order valence-electron chi connectivity index (χ4n) is 2.50. The Balaban J connectivity index is 2.25. The zero-order valence-corrected chi connectivity index (χ0v) is 16.0. The number of anilines is 1. The number of imide groups is 1. The highest BCUT2D eigenvalue weighted by Crippen LogP contribution is 2.34. The number of halogens is 1. The minimum Gasteiger partial charge on any atom is -0.371 e. The molecular formula is C17H21BrN2O2S. The number of carbonyl (C=O) groups excluding carboxylic acids is 2. The highest BCUT2D eigenvalue weighted by Gasteiger charge is 2.34. The molecule has 6 heteroatoms. The lowest BCUT2D eigenvalue weighted by Gasteiger charge is -2.22. The summed E-state index contributed by atoms with van der Waals surface area (Å²) in [5.41, 5.74) is 2.04. The van der Waals surface area contributed by atoms with Crippen LogP contribution in [0.5, 0.6) is 0 Å². The molecule has 1 aliphatic heterocycles. The summed E-state index contributed by atoms with van der Waals surface area (Å²) in [6, 6.07) is 6.01. The van der Waals surface area contributed by atoms with E-state index in [9.17, 15) is 9.59 Å². The number of thioether (sulfide) groups is 1. The van der Waals surface area contributed by atoms with Crippen molar-refractivity contribution in [2.75, 3.05) is 24.5 Å². The molecule has 1 aromatic carbocycles. The summed E-state index contributed by atoms with van der Waals surface area (Å²) in [7, 11) is 0. The van der Waals surface area contributed by atoms with Gasteiger partial charge in [0.05, 0.1) is 10.6 Å². The molecule has 0 spiro atoms. The number of amides is 2. The fraction of sp³-hybridized carbons (Fsp3) is 0.412. The van der Waals surface area contributed by atoms with Crippen molar-refractivity contribution in [3.63, 3.8) is 0 Å². The van der Waals surface area contributed by atoms with Crippen LogP contribution < -0.4 is 4.90 Å². The summed E-state index contributed by atoms with van der Waals surface area (Å²) in [6.07, 6.45) is 2.56. The number of hydrogen-bond acceptors (Lipinski definition) is 4. The van der Waals surface area contributed by atoms with Crippen molar-refractivity contribution in [3.05, 3.63) is 33.1 Å². The Morgan fingerprint density at radius 3 is 2.48 bits per heavy atom. The van der Waals surface area contributed by atoms with Crippen molar-refractivity contribution in [3.8, 4) is 0 Å². The van der Waals surface area contributed by atoms with Gasteiger partial charge in [-0.25, -0.2) is 0 Å². The summed E-state index contributed by atoms with van der Waals surface area (Å²) < 4.78 is 0.989. The molecule has 2 amide bonds. The molecular weight excluding hydrogens is 376 g/mol. The first-order valence-corrected chi connectivity index (χ1v) is 9.42. The van der Waals surface area contributed by atoms with Gasteiger partial charge in [0.25, 0.3) is 11.1 Å². The van der Waals surface area contributed by atoms with Crippen molar-refractivity contribution in [2.24, 2.45) is 0 Å². The molecule has 0 radical (unpaired) electrons. The maximum atomic E-state index is 12.3. The molecule has 1 aliphatic rings. The molecule has 0 unspecified atom stereocenters. The number of carbonyl (C=O) groups is 2. The maximum Gasteiger partial charge on any atom is 0.293 e. The third-order valence-corrected chi connectivity index (χ3v) is 5.24. The van der Waals surface area contributed by atoms with Crippen LogP contribution in [-0.2, 0) is 4.79 Å². The topological polar surface area (TPSA) is 40.6 Å². The van der Waals surface area contributed by atoms with Gasteiger partial charge in [-0.3, -0.25) is 14.5 Å². The van der Waals surface area contributed by atoms with Gasteiger partial charge in [0.2, 0.25) is 0 Å². The van der Waals surface area contributed by atoms with E-state index in [-0.39, 0.29) is 11.1 Å². The molecule has 0 bridgehead atoms. The average Bonchev–Trinajstić information content (AvgIpc) is 2.78. The number of hydrogen-bond donors (Lipinski definition) is 0. The molecule has 1 aromatic rings. The van der Waals surface area contributed by atoms with E-state index in [1.54, 1.807) is 6.08 Å². The monoisotopic (exact) mass is 396 g/mol. The Bertz CT molecular complexity index is 641. The molecule has 0 aliphatic carbocycles. The second kappa shape index (κ2) is 8.02. The predicted octanol–water partition coefficient (Wildman–Crippen LogP) is 4.74. The summed E-state index contributed by atoms with van der Waals surface area (Å²) in [6.45, 7) is 8.54. The SMILES string of the molecule is CCCN1C(=O)S/C(=C/c2ccc(N(CC)CC)c(Br)c2)C1=O. The standard InChI is InChI=1S/C17H21BrN2O2S/c1-4-9-20-16(21)15(23-17(20)22)11-12-7-8-14(13(18)10-12)19(5-2)6-3/h7-8,10-11H,4-6,9H2,1-3H3/b15-11+. The highest BCUT2D eigenvalue weighted by atomic mass is 79.9. The van der Waals surface area contributed by atoms with E-state index < -0.39 is 0 Å². The van der Waals surface area contributed by atoms with E-state index >= 15 is 0 Å². The van der Waals surface area contributed by atoms with Gasteiger partial charge in [0.15, 0.2) is 0 Å². The number of rotatable bonds is 6. The molecule has 0 saturated carbocycles. The molecule has 23 heavy (non-hydrogen) atoms. The van der Waals surface area contributed by atoms with Gasteiger partial charge in [-0.15, -0.1) is 0 Å². The molecule has 4 nitrogen and oxygen atoms in total. The van der Waals surface area contributed by atoms with E-state index in [2.05, 4.69) is 34.7 Å². The summed E-state index contributed by atoms with van der Waals surface area (Å²) in [5.74, 6) is -0.189. The van der Waals surface area contributed by atoms with Crippen molar-refractivity contribution >= 4 is 50.6 Å². The Hall–Kier alpha value is -1.27. The van der Waals surface area contributed by atoms with Crippen molar-refractivity contribution in [1.82, 2.24) is 4.90 Å². The van der Waals surface area contributed by atoms with Crippen LogP contribution in [0.3, 0.4) is 0 Å². The molecule has 1 fully saturated rings. The van der Waals surface area contributed by atoms with Gasteiger partial charge in [-0.2, -0.15) is 0 Å². The van der Waals surface area contributed by atoms with Gasteiger partial charge in [0, 0.05) is 24.1 Å². The Kier molecular flexibility index (Phi) is 6.30. The van der Waals surface area contributed by atoms with E-state index in [0.717, 1.165) is 47.0 Å². The Morgan fingerprint density at radius 1 is 1.22 bits per heavy atom. The number of benzene rings is 1. The van der Waals surface area contributed by atoms with E-state index in [1.807, 2.05) is 25.1 Å². The third-order valence-electron chi connectivity index (χ3n) is 3.69. The smallest absolute Gasteiger partial charge is 0.293 e. The highest BCUT2D eigenvalue weighted by molar-refractivity contribution is 9.10. The minimum atomic E-state index is -0.189. The Morgan fingerprint density at radius 2 is 1.91 bits per heavy atom.